The molecular weight excluding hydrogens is 227 g/mol. The molecule has 5 heteroatoms. The van der Waals surface area contributed by atoms with Crippen molar-refractivity contribution in [1.29, 1.82) is 0 Å². The second-order valence-corrected chi connectivity index (χ2v) is 3.55. The van der Waals surface area contributed by atoms with E-state index >= 15 is 0 Å². The first-order valence-corrected chi connectivity index (χ1v) is 4.40. The van der Waals surface area contributed by atoms with Gasteiger partial charge in [0.05, 0.1) is 5.92 Å². The number of hydrogen-bond acceptors (Lipinski definition) is 1. The summed E-state index contributed by atoms with van der Waals surface area (Å²) in [7, 11) is 0. The summed E-state index contributed by atoms with van der Waals surface area (Å²) in [4.78, 5) is 0. The number of rotatable bonds is 2. The fourth-order valence-corrected chi connectivity index (χ4v) is 1.81. The largest absolute Gasteiger partial charge is 0.330 e. The van der Waals surface area contributed by atoms with Gasteiger partial charge in [-0.25, -0.2) is 13.2 Å². The zero-order chi connectivity index (χ0) is 10.3. The van der Waals surface area contributed by atoms with Crippen LogP contribution in [-0.2, 0) is 0 Å². The van der Waals surface area contributed by atoms with E-state index in [0.717, 1.165) is 0 Å². The highest BCUT2D eigenvalue weighted by atomic mass is 35.5. The lowest BCUT2D eigenvalue weighted by molar-refractivity contribution is 0.0947. The molecule has 1 aromatic rings. The molecule has 15 heavy (non-hydrogen) atoms. The number of nitrogens with two attached hydrogens (primary N) is 1. The second-order valence-electron chi connectivity index (χ2n) is 3.55. The van der Waals surface area contributed by atoms with Crippen LogP contribution in [0.3, 0.4) is 0 Å². The molecule has 0 radical (unpaired) electrons. The predicted octanol–water partition coefficient (Wildman–Crippen LogP) is 2.55. The smallest absolute Gasteiger partial charge is 0.260 e. The number of alkyl halides is 2. The molecule has 1 saturated carbocycles. The Morgan fingerprint density at radius 2 is 1.73 bits per heavy atom. The van der Waals surface area contributed by atoms with Crippen molar-refractivity contribution < 1.29 is 13.2 Å². The van der Waals surface area contributed by atoms with E-state index in [1.54, 1.807) is 0 Å². The Morgan fingerprint density at radius 1 is 1.20 bits per heavy atom. The summed E-state index contributed by atoms with van der Waals surface area (Å²) in [6, 6.07) is 5.17. The third kappa shape index (κ3) is 1.96. The number of benzene rings is 1. The lowest BCUT2D eigenvalue weighted by Gasteiger charge is -1.97. The monoisotopic (exact) mass is 237 g/mol. The van der Waals surface area contributed by atoms with Gasteiger partial charge in [-0.05, 0) is 17.7 Å². The van der Waals surface area contributed by atoms with E-state index < -0.39 is 23.6 Å². The van der Waals surface area contributed by atoms with Gasteiger partial charge in [0.25, 0.3) is 5.92 Å². The van der Waals surface area contributed by atoms with E-state index in [-0.39, 0.29) is 19.0 Å². The molecule has 2 N–H and O–H groups in total. The Kier molecular flexibility index (Phi) is 3.31. The Hall–Kier alpha value is -0.740. The molecule has 1 aliphatic carbocycles. The Bertz CT molecular complexity index is 339. The highest BCUT2D eigenvalue weighted by Gasteiger charge is 2.67. The van der Waals surface area contributed by atoms with Gasteiger partial charge in [-0.3, -0.25) is 0 Å². The maximum Gasteiger partial charge on any atom is 0.260 e. The van der Waals surface area contributed by atoms with Crippen LogP contribution in [0.5, 0.6) is 0 Å². The van der Waals surface area contributed by atoms with Crippen molar-refractivity contribution in [3.63, 3.8) is 0 Å². The quantitative estimate of drug-likeness (QED) is 0.841. The zero-order valence-electron chi connectivity index (χ0n) is 7.79. The van der Waals surface area contributed by atoms with Gasteiger partial charge in [0, 0.05) is 12.5 Å². The lowest BCUT2D eigenvalue weighted by atomic mass is 10.1. The highest BCUT2D eigenvalue weighted by molar-refractivity contribution is 5.85. The van der Waals surface area contributed by atoms with Gasteiger partial charge in [0.2, 0.25) is 0 Å². The molecular formula is C10H11ClF3N. The molecule has 2 atom stereocenters. The maximum absolute atomic E-state index is 13.1. The van der Waals surface area contributed by atoms with E-state index in [4.69, 9.17) is 5.73 Å². The summed E-state index contributed by atoms with van der Waals surface area (Å²) in [5.74, 6) is -4.74. The molecule has 1 nitrogen and oxygen atoms in total. The average Bonchev–Trinajstić information content (AvgIpc) is 2.69. The highest BCUT2D eigenvalue weighted by Crippen LogP contribution is 2.60. The third-order valence-corrected chi connectivity index (χ3v) is 2.69. The molecule has 0 spiro atoms. The summed E-state index contributed by atoms with van der Waals surface area (Å²) >= 11 is 0. The first-order valence-electron chi connectivity index (χ1n) is 4.40. The molecule has 0 aliphatic heterocycles. The third-order valence-electron chi connectivity index (χ3n) is 2.69. The molecule has 1 aliphatic rings. The lowest BCUT2D eigenvalue weighted by Crippen LogP contribution is -2.06. The molecule has 84 valence electrons. The van der Waals surface area contributed by atoms with Crippen molar-refractivity contribution in [3.8, 4) is 0 Å². The van der Waals surface area contributed by atoms with E-state index in [2.05, 4.69) is 0 Å². The minimum absolute atomic E-state index is 0. The number of halogens is 4. The molecule has 0 saturated heterocycles. The minimum Gasteiger partial charge on any atom is -0.330 e. The zero-order valence-corrected chi connectivity index (χ0v) is 8.61. The van der Waals surface area contributed by atoms with Gasteiger partial charge in [0.1, 0.15) is 5.82 Å². The van der Waals surface area contributed by atoms with E-state index in [1.165, 1.54) is 24.3 Å². The van der Waals surface area contributed by atoms with Crippen molar-refractivity contribution in [2.75, 3.05) is 6.54 Å². The SMILES string of the molecule is Cl.NCC1C(c2ccc(F)cc2)C1(F)F. The standard InChI is InChI=1S/C10H10F3N.ClH/c11-7-3-1-6(2-4-7)9-8(5-14)10(9,12)13;/h1-4,8-9H,5,14H2;1H. The summed E-state index contributed by atoms with van der Waals surface area (Å²) in [6.07, 6.45) is 0. The van der Waals surface area contributed by atoms with Gasteiger partial charge in [0.15, 0.2) is 0 Å². The first kappa shape index (κ1) is 12.3. The summed E-state index contributed by atoms with van der Waals surface area (Å²) in [5.41, 5.74) is 5.68. The second kappa shape index (κ2) is 4.02. The van der Waals surface area contributed by atoms with Gasteiger partial charge in [-0.15, -0.1) is 12.4 Å². The Balaban J connectivity index is 0.00000112. The van der Waals surface area contributed by atoms with E-state index in [1.807, 2.05) is 0 Å². The normalized spacial score (nSPS) is 26.9. The average molecular weight is 238 g/mol. The van der Waals surface area contributed by atoms with Crippen LogP contribution in [-0.4, -0.2) is 12.5 Å². The molecule has 0 heterocycles. The summed E-state index contributed by atoms with van der Waals surface area (Å²) in [6.45, 7) is -0.0327. The summed E-state index contributed by atoms with van der Waals surface area (Å²) < 4.78 is 38.7. The fourth-order valence-electron chi connectivity index (χ4n) is 1.81. The molecule has 1 fully saturated rings. The van der Waals surface area contributed by atoms with Crippen molar-refractivity contribution in [3.05, 3.63) is 35.6 Å². The van der Waals surface area contributed by atoms with Crippen LogP contribution in [0.4, 0.5) is 13.2 Å². The fraction of sp³-hybridized carbons (Fsp3) is 0.400. The van der Waals surface area contributed by atoms with Crippen molar-refractivity contribution >= 4 is 12.4 Å². The molecule has 1 aromatic carbocycles. The topological polar surface area (TPSA) is 26.0 Å². The van der Waals surface area contributed by atoms with E-state index in [0.29, 0.717) is 5.56 Å². The minimum atomic E-state index is -2.72. The van der Waals surface area contributed by atoms with E-state index in [9.17, 15) is 13.2 Å². The van der Waals surface area contributed by atoms with Crippen LogP contribution >= 0.6 is 12.4 Å². The van der Waals surface area contributed by atoms with Crippen LogP contribution in [0.25, 0.3) is 0 Å². The predicted molar refractivity (Wildman–Crippen MR) is 53.9 cm³/mol. The van der Waals surface area contributed by atoms with Crippen molar-refractivity contribution in [1.82, 2.24) is 0 Å². The molecule has 2 rings (SSSR count). The number of hydrogen-bond donors (Lipinski definition) is 1. The van der Waals surface area contributed by atoms with Crippen molar-refractivity contribution in [2.45, 2.75) is 11.8 Å². The molecule has 0 amide bonds. The van der Waals surface area contributed by atoms with Crippen LogP contribution in [0.1, 0.15) is 11.5 Å². The molecule has 2 unspecified atom stereocenters. The van der Waals surface area contributed by atoms with Crippen LogP contribution in [0.2, 0.25) is 0 Å². The van der Waals surface area contributed by atoms with Gasteiger partial charge >= 0.3 is 0 Å². The van der Waals surface area contributed by atoms with Crippen LogP contribution in [0, 0.1) is 11.7 Å². The first-order chi connectivity index (χ1) is 6.57. The summed E-state index contributed by atoms with van der Waals surface area (Å²) in [5, 5.41) is 0. The Labute approximate surface area is 91.9 Å². The van der Waals surface area contributed by atoms with Crippen LogP contribution < -0.4 is 5.73 Å². The van der Waals surface area contributed by atoms with Crippen LogP contribution in [0.15, 0.2) is 24.3 Å². The molecule has 0 aromatic heterocycles. The van der Waals surface area contributed by atoms with Gasteiger partial charge in [-0.1, -0.05) is 12.1 Å². The van der Waals surface area contributed by atoms with Gasteiger partial charge < -0.3 is 5.73 Å². The van der Waals surface area contributed by atoms with Crippen molar-refractivity contribution in [2.24, 2.45) is 11.7 Å². The molecule has 0 bridgehead atoms. The maximum atomic E-state index is 13.1. The van der Waals surface area contributed by atoms with Gasteiger partial charge in [-0.2, -0.15) is 0 Å². The Morgan fingerprint density at radius 3 is 2.13 bits per heavy atom.